The van der Waals surface area contributed by atoms with Crippen molar-refractivity contribution in [1.82, 2.24) is 5.32 Å². The van der Waals surface area contributed by atoms with Crippen molar-refractivity contribution in [2.45, 2.75) is 43.9 Å². The van der Waals surface area contributed by atoms with Gasteiger partial charge in [-0.2, -0.15) is 11.8 Å². The number of hydrogen-bond donors (Lipinski definition) is 2. The van der Waals surface area contributed by atoms with Crippen molar-refractivity contribution in [2.24, 2.45) is 0 Å². The number of carbonyl (C=O) groups is 2. The van der Waals surface area contributed by atoms with Crippen LogP contribution in [0.3, 0.4) is 0 Å². The van der Waals surface area contributed by atoms with Gasteiger partial charge in [-0.1, -0.05) is 12.8 Å². The molecule has 0 bridgehead atoms. The molecule has 0 spiro atoms. The molecule has 0 aliphatic heterocycles. The summed E-state index contributed by atoms with van der Waals surface area (Å²) in [7, 11) is 0. The lowest BCUT2D eigenvalue weighted by atomic mass is 9.94. The SMILES string of the molecule is CS[C@@H]1CCCC[C@@H]1NC(=O)c1ccc(NC(C)=O)cc1. The molecule has 1 fully saturated rings. The molecule has 21 heavy (non-hydrogen) atoms. The van der Waals surface area contributed by atoms with Crippen molar-refractivity contribution in [3.05, 3.63) is 29.8 Å². The molecule has 0 unspecified atom stereocenters. The van der Waals surface area contributed by atoms with Gasteiger partial charge < -0.3 is 10.6 Å². The summed E-state index contributed by atoms with van der Waals surface area (Å²) in [6.07, 6.45) is 6.78. The Balaban J connectivity index is 1.97. The summed E-state index contributed by atoms with van der Waals surface area (Å²) in [6, 6.07) is 7.26. The molecule has 1 aliphatic rings. The average molecular weight is 306 g/mol. The number of hydrogen-bond acceptors (Lipinski definition) is 3. The highest BCUT2D eigenvalue weighted by Crippen LogP contribution is 2.27. The lowest BCUT2D eigenvalue weighted by molar-refractivity contribution is -0.114. The van der Waals surface area contributed by atoms with Crippen LogP contribution in [0.1, 0.15) is 43.0 Å². The molecule has 2 rings (SSSR count). The zero-order valence-corrected chi connectivity index (χ0v) is 13.3. The van der Waals surface area contributed by atoms with Crippen molar-refractivity contribution in [2.75, 3.05) is 11.6 Å². The summed E-state index contributed by atoms with van der Waals surface area (Å²) in [5.41, 5.74) is 1.34. The minimum atomic E-state index is -0.114. The summed E-state index contributed by atoms with van der Waals surface area (Å²) < 4.78 is 0. The predicted molar refractivity (Wildman–Crippen MR) is 87.8 cm³/mol. The van der Waals surface area contributed by atoms with E-state index in [1.165, 1.54) is 26.2 Å². The van der Waals surface area contributed by atoms with Gasteiger partial charge in [-0.3, -0.25) is 9.59 Å². The quantitative estimate of drug-likeness (QED) is 0.899. The molecule has 0 radical (unpaired) electrons. The monoisotopic (exact) mass is 306 g/mol. The first kappa shape index (κ1) is 15.9. The molecule has 1 aromatic carbocycles. The molecule has 2 atom stereocenters. The van der Waals surface area contributed by atoms with Crippen LogP contribution >= 0.6 is 11.8 Å². The van der Waals surface area contributed by atoms with Crippen LogP contribution in [0.15, 0.2) is 24.3 Å². The molecule has 0 heterocycles. The minimum Gasteiger partial charge on any atom is -0.348 e. The van der Waals surface area contributed by atoms with E-state index >= 15 is 0 Å². The molecule has 114 valence electrons. The minimum absolute atomic E-state index is 0.0321. The molecule has 4 nitrogen and oxygen atoms in total. The van der Waals surface area contributed by atoms with Crippen LogP contribution in [0.2, 0.25) is 0 Å². The summed E-state index contributed by atoms with van der Waals surface area (Å²) in [4.78, 5) is 23.3. The fraction of sp³-hybridized carbons (Fsp3) is 0.500. The highest BCUT2D eigenvalue weighted by atomic mass is 32.2. The molecule has 2 N–H and O–H groups in total. The molecule has 1 aliphatic carbocycles. The smallest absolute Gasteiger partial charge is 0.251 e. The third-order valence-corrected chi connectivity index (χ3v) is 4.96. The Hall–Kier alpha value is -1.49. The second kappa shape index (κ2) is 7.50. The highest BCUT2D eigenvalue weighted by molar-refractivity contribution is 7.99. The number of benzene rings is 1. The maximum absolute atomic E-state index is 12.3. The Morgan fingerprint density at radius 2 is 1.81 bits per heavy atom. The van der Waals surface area contributed by atoms with Crippen LogP contribution in [0, 0.1) is 0 Å². The Morgan fingerprint density at radius 3 is 2.43 bits per heavy atom. The van der Waals surface area contributed by atoms with Crippen LogP contribution in [-0.2, 0) is 4.79 Å². The molecular weight excluding hydrogens is 284 g/mol. The highest BCUT2D eigenvalue weighted by Gasteiger charge is 2.25. The van der Waals surface area contributed by atoms with E-state index in [9.17, 15) is 9.59 Å². The largest absolute Gasteiger partial charge is 0.348 e. The van der Waals surface area contributed by atoms with Crippen LogP contribution in [0.5, 0.6) is 0 Å². The van der Waals surface area contributed by atoms with E-state index in [-0.39, 0.29) is 17.9 Å². The lowest BCUT2D eigenvalue weighted by Crippen LogP contribution is -2.43. The van der Waals surface area contributed by atoms with Gasteiger partial charge in [0.25, 0.3) is 5.91 Å². The summed E-state index contributed by atoms with van der Waals surface area (Å²) in [6.45, 7) is 1.46. The Kier molecular flexibility index (Phi) is 5.67. The van der Waals surface area contributed by atoms with Crippen molar-refractivity contribution in [3.63, 3.8) is 0 Å². The number of thioether (sulfide) groups is 1. The first-order valence-electron chi connectivity index (χ1n) is 7.31. The molecule has 0 saturated heterocycles. The van der Waals surface area contributed by atoms with Gasteiger partial charge in [0.05, 0.1) is 0 Å². The molecular formula is C16H22N2O2S. The maximum Gasteiger partial charge on any atom is 0.251 e. The lowest BCUT2D eigenvalue weighted by Gasteiger charge is -2.30. The Bertz CT molecular complexity index is 502. The van der Waals surface area contributed by atoms with Crippen molar-refractivity contribution < 1.29 is 9.59 Å². The third kappa shape index (κ3) is 4.49. The van der Waals surface area contributed by atoms with Gasteiger partial charge in [-0.05, 0) is 43.4 Å². The number of carbonyl (C=O) groups excluding carboxylic acids is 2. The summed E-state index contributed by atoms with van der Waals surface area (Å²) >= 11 is 1.84. The first-order valence-corrected chi connectivity index (χ1v) is 8.60. The molecule has 0 aromatic heterocycles. The van der Waals surface area contributed by atoms with Gasteiger partial charge in [-0.25, -0.2) is 0 Å². The number of amides is 2. The van der Waals surface area contributed by atoms with Gasteiger partial charge in [0.1, 0.15) is 0 Å². The van der Waals surface area contributed by atoms with Gasteiger partial charge >= 0.3 is 0 Å². The average Bonchev–Trinajstić information content (AvgIpc) is 2.48. The van der Waals surface area contributed by atoms with Gasteiger partial charge in [0.2, 0.25) is 5.91 Å². The fourth-order valence-electron chi connectivity index (χ4n) is 2.70. The van der Waals surface area contributed by atoms with Crippen molar-refractivity contribution in [3.8, 4) is 0 Å². The zero-order chi connectivity index (χ0) is 15.2. The standard InChI is InChI=1S/C16H22N2O2S/c1-11(19)17-13-9-7-12(8-10-13)16(20)18-14-5-3-4-6-15(14)21-2/h7-10,14-15H,3-6H2,1-2H3,(H,17,19)(H,18,20)/t14-,15+/m0/s1. The van der Waals surface area contributed by atoms with Gasteiger partial charge in [0, 0.05) is 29.5 Å². The number of anilines is 1. The van der Waals surface area contributed by atoms with Gasteiger partial charge in [-0.15, -0.1) is 0 Å². The topological polar surface area (TPSA) is 58.2 Å². The third-order valence-electron chi connectivity index (χ3n) is 3.79. The Labute approximate surface area is 130 Å². The number of nitrogens with one attached hydrogen (secondary N) is 2. The second-order valence-electron chi connectivity index (χ2n) is 5.40. The second-order valence-corrected chi connectivity index (χ2v) is 6.47. The van der Waals surface area contributed by atoms with Crippen LogP contribution in [0.4, 0.5) is 5.69 Å². The maximum atomic E-state index is 12.3. The number of rotatable bonds is 4. The van der Waals surface area contributed by atoms with E-state index in [0.717, 1.165) is 6.42 Å². The van der Waals surface area contributed by atoms with Crippen LogP contribution in [-0.4, -0.2) is 29.4 Å². The van der Waals surface area contributed by atoms with Crippen molar-refractivity contribution in [1.29, 1.82) is 0 Å². The van der Waals surface area contributed by atoms with E-state index in [1.807, 2.05) is 11.8 Å². The van der Waals surface area contributed by atoms with E-state index < -0.39 is 0 Å². The summed E-state index contributed by atoms with van der Waals surface area (Å²) in [5, 5.41) is 6.36. The van der Waals surface area contributed by atoms with E-state index in [0.29, 0.717) is 16.5 Å². The molecule has 5 heteroatoms. The molecule has 1 aromatic rings. The van der Waals surface area contributed by atoms with Crippen LogP contribution in [0.25, 0.3) is 0 Å². The van der Waals surface area contributed by atoms with E-state index in [1.54, 1.807) is 24.3 Å². The molecule has 2 amide bonds. The van der Waals surface area contributed by atoms with Gasteiger partial charge in [0.15, 0.2) is 0 Å². The fourth-order valence-corrected chi connectivity index (χ4v) is 3.64. The first-order chi connectivity index (χ1) is 10.1. The predicted octanol–water partition coefficient (Wildman–Crippen LogP) is 3.05. The van der Waals surface area contributed by atoms with Crippen molar-refractivity contribution >= 4 is 29.3 Å². The molecule has 1 saturated carbocycles. The summed E-state index contributed by atoms with van der Waals surface area (Å²) in [5.74, 6) is -0.146. The van der Waals surface area contributed by atoms with E-state index in [4.69, 9.17) is 0 Å². The van der Waals surface area contributed by atoms with Crippen LogP contribution < -0.4 is 10.6 Å². The Morgan fingerprint density at radius 1 is 1.14 bits per heavy atom. The zero-order valence-electron chi connectivity index (χ0n) is 12.5. The normalized spacial score (nSPS) is 21.6. The van der Waals surface area contributed by atoms with E-state index in [2.05, 4.69) is 16.9 Å².